The number of likely N-dealkylation sites (tertiary alicyclic amines) is 1. The van der Waals surface area contributed by atoms with Crippen LogP contribution in [0.3, 0.4) is 0 Å². The Labute approximate surface area is 125 Å². The van der Waals surface area contributed by atoms with Gasteiger partial charge < -0.3 is 16.0 Å². The van der Waals surface area contributed by atoms with Crippen LogP contribution in [0.4, 0.5) is 23.7 Å². The van der Waals surface area contributed by atoms with Crippen molar-refractivity contribution in [2.24, 2.45) is 5.73 Å². The second-order valence-corrected chi connectivity index (χ2v) is 5.31. The fraction of sp³-hybridized carbons (Fsp3) is 0.462. The minimum absolute atomic E-state index is 0.0298. The number of rotatable bonds is 2. The molecule has 0 atom stereocenters. The summed E-state index contributed by atoms with van der Waals surface area (Å²) in [7, 11) is 0. The Balaban J connectivity index is 2.12. The molecule has 116 valence electrons. The Morgan fingerprint density at radius 2 is 1.95 bits per heavy atom. The SMILES string of the molecule is NC(=O)N1CCC(Nc2c(Cl)cccc2C(F)(F)F)CC1. The summed E-state index contributed by atoms with van der Waals surface area (Å²) in [5.41, 5.74) is 4.28. The smallest absolute Gasteiger partial charge is 0.380 e. The second-order valence-electron chi connectivity index (χ2n) is 4.90. The lowest BCUT2D eigenvalue weighted by Crippen LogP contribution is -2.44. The molecule has 1 aromatic rings. The lowest BCUT2D eigenvalue weighted by atomic mass is 10.0. The highest BCUT2D eigenvalue weighted by atomic mass is 35.5. The van der Waals surface area contributed by atoms with Gasteiger partial charge in [-0.25, -0.2) is 4.79 Å². The molecule has 0 unspecified atom stereocenters. The number of nitrogens with one attached hydrogen (secondary N) is 1. The van der Waals surface area contributed by atoms with Gasteiger partial charge in [0.1, 0.15) is 0 Å². The molecule has 1 heterocycles. The van der Waals surface area contributed by atoms with Gasteiger partial charge in [-0.05, 0) is 25.0 Å². The van der Waals surface area contributed by atoms with E-state index in [-0.39, 0.29) is 16.8 Å². The lowest BCUT2D eigenvalue weighted by molar-refractivity contribution is -0.137. The van der Waals surface area contributed by atoms with Gasteiger partial charge in [0.25, 0.3) is 0 Å². The van der Waals surface area contributed by atoms with E-state index < -0.39 is 17.8 Å². The predicted molar refractivity (Wildman–Crippen MR) is 74.3 cm³/mol. The number of hydrogen-bond donors (Lipinski definition) is 2. The maximum Gasteiger partial charge on any atom is 0.418 e. The highest BCUT2D eigenvalue weighted by Crippen LogP contribution is 2.39. The molecule has 21 heavy (non-hydrogen) atoms. The largest absolute Gasteiger partial charge is 0.418 e. The van der Waals surface area contributed by atoms with Gasteiger partial charge >= 0.3 is 12.2 Å². The molecule has 0 aliphatic carbocycles. The number of nitrogens with zero attached hydrogens (tertiary/aromatic N) is 1. The van der Waals surface area contributed by atoms with Crippen LogP contribution in [-0.2, 0) is 6.18 Å². The third kappa shape index (κ3) is 3.72. The van der Waals surface area contributed by atoms with Gasteiger partial charge in [-0.15, -0.1) is 0 Å². The van der Waals surface area contributed by atoms with Crippen molar-refractivity contribution in [2.75, 3.05) is 18.4 Å². The zero-order valence-corrected chi connectivity index (χ0v) is 11.8. The van der Waals surface area contributed by atoms with Crippen molar-refractivity contribution < 1.29 is 18.0 Å². The highest BCUT2D eigenvalue weighted by Gasteiger charge is 2.35. The summed E-state index contributed by atoms with van der Waals surface area (Å²) in [5, 5.41) is 2.88. The molecule has 0 spiro atoms. The Morgan fingerprint density at radius 3 is 2.48 bits per heavy atom. The van der Waals surface area contributed by atoms with Crippen molar-refractivity contribution in [3.05, 3.63) is 28.8 Å². The summed E-state index contributed by atoms with van der Waals surface area (Å²) >= 11 is 5.89. The molecular weight excluding hydrogens is 307 g/mol. The van der Waals surface area contributed by atoms with Crippen molar-refractivity contribution in [1.82, 2.24) is 4.90 Å². The maximum atomic E-state index is 13.0. The minimum Gasteiger partial charge on any atom is -0.380 e. The molecule has 3 N–H and O–H groups in total. The normalized spacial score (nSPS) is 16.9. The minimum atomic E-state index is -4.47. The number of halogens is 4. The van der Waals surface area contributed by atoms with E-state index in [1.165, 1.54) is 17.0 Å². The molecule has 2 rings (SSSR count). The van der Waals surface area contributed by atoms with E-state index in [4.69, 9.17) is 17.3 Å². The summed E-state index contributed by atoms with van der Waals surface area (Å²) < 4.78 is 38.9. The van der Waals surface area contributed by atoms with Gasteiger partial charge in [0.15, 0.2) is 0 Å². The van der Waals surface area contributed by atoms with Crippen LogP contribution < -0.4 is 11.1 Å². The van der Waals surface area contributed by atoms with E-state index in [2.05, 4.69) is 5.32 Å². The number of piperidine rings is 1. The zero-order chi connectivity index (χ0) is 15.6. The summed E-state index contributed by atoms with van der Waals surface area (Å²) in [6.07, 6.45) is -3.43. The number of nitrogens with two attached hydrogens (primary N) is 1. The van der Waals surface area contributed by atoms with E-state index in [0.717, 1.165) is 6.07 Å². The summed E-state index contributed by atoms with van der Waals surface area (Å²) in [6, 6.07) is 2.99. The fourth-order valence-corrected chi connectivity index (χ4v) is 2.58. The number of anilines is 1. The monoisotopic (exact) mass is 321 g/mol. The van der Waals surface area contributed by atoms with E-state index in [1.54, 1.807) is 0 Å². The molecule has 1 aliphatic rings. The predicted octanol–water partition coefficient (Wildman–Crippen LogP) is 3.31. The Morgan fingerprint density at radius 1 is 1.33 bits per heavy atom. The van der Waals surface area contributed by atoms with Crippen molar-refractivity contribution in [1.29, 1.82) is 0 Å². The molecule has 0 bridgehead atoms. The Bertz CT molecular complexity index is 528. The van der Waals surface area contributed by atoms with Crippen molar-refractivity contribution in [3.63, 3.8) is 0 Å². The van der Waals surface area contributed by atoms with E-state index >= 15 is 0 Å². The number of amides is 2. The first-order chi connectivity index (χ1) is 9.79. The van der Waals surface area contributed by atoms with Crippen molar-refractivity contribution >= 4 is 23.3 Å². The lowest BCUT2D eigenvalue weighted by Gasteiger charge is -2.32. The zero-order valence-electron chi connectivity index (χ0n) is 11.1. The highest BCUT2D eigenvalue weighted by molar-refractivity contribution is 6.33. The van der Waals surface area contributed by atoms with Gasteiger partial charge in [0.05, 0.1) is 16.3 Å². The van der Waals surface area contributed by atoms with Crippen LogP contribution in [0.5, 0.6) is 0 Å². The molecule has 2 amide bonds. The maximum absolute atomic E-state index is 13.0. The third-order valence-electron chi connectivity index (χ3n) is 3.47. The number of carbonyl (C=O) groups is 1. The van der Waals surface area contributed by atoms with Gasteiger partial charge in [-0.3, -0.25) is 0 Å². The van der Waals surface area contributed by atoms with E-state index in [1.807, 2.05) is 0 Å². The van der Waals surface area contributed by atoms with Gasteiger partial charge in [-0.1, -0.05) is 17.7 Å². The van der Waals surface area contributed by atoms with Crippen LogP contribution in [0.2, 0.25) is 5.02 Å². The first kappa shape index (κ1) is 15.8. The Hall–Kier alpha value is -1.63. The standard InChI is InChI=1S/C13H15ClF3N3O/c14-10-3-1-2-9(13(15,16)17)11(10)19-8-4-6-20(7-5-8)12(18)21/h1-3,8,19H,4-7H2,(H2,18,21). The number of benzene rings is 1. The Kier molecular flexibility index (Phi) is 4.51. The average Bonchev–Trinajstić information content (AvgIpc) is 2.40. The average molecular weight is 322 g/mol. The van der Waals surface area contributed by atoms with Crippen molar-refractivity contribution in [3.8, 4) is 0 Å². The number of urea groups is 1. The van der Waals surface area contributed by atoms with Gasteiger partial charge in [0, 0.05) is 19.1 Å². The van der Waals surface area contributed by atoms with Crippen LogP contribution in [0.1, 0.15) is 18.4 Å². The molecule has 0 saturated carbocycles. The number of para-hydroxylation sites is 1. The van der Waals surface area contributed by atoms with E-state index in [9.17, 15) is 18.0 Å². The molecule has 1 fully saturated rings. The first-order valence-electron chi connectivity index (χ1n) is 6.45. The first-order valence-corrected chi connectivity index (χ1v) is 6.83. The van der Waals surface area contributed by atoms with Crippen LogP contribution in [0, 0.1) is 0 Å². The van der Waals surface area contributed by atoms with Gasteiger partial charge in [0.2, 0.25) is 0 Å². The van der Waals surface area contributed by atoms with Crippen LogP contribution >= 0.6 is 11.6 Å². The number of alkyl halides is 3. The van der Waals surface area contributed by atoms with Crippen LogP contribution in [0.25, 0.3) is 0 Å². The summed E-state index contributed by atoms with van der Waals surface area (Å²) in [5.74, 6) is 0. The number of carbonyl (C=O) groups excluding carboxylic acids is 1. The van der Waals surface area contributed by atoms with Crippen molar-refractivity contribution in [2.45, 2.75) is 25.1 Å². The molecule has 8 heteroatoms. The van der Waals surface area contributed by atoms with E-state index in [0.29, 0.717) is 25.9 Å². The molecule has 1 aromatic carbocycles. The fourth-order valence-electron chi connectivity index (χ4n) is 2.36. The molecule has 4 nitrogen and oxygen atoms in total. The summed E-state index contributed by atoms with van der Waals surface area (Å²) in [6.45, 7) is 0.831. The molecule has 0 aromatic heterocycles. The second kappa shape index (κ2) is 6.01. The number of hydrogen-bond acceptors (Lipinski definition) is 2. The molecule has 1 saturated heterocycles. The topological polar surface area (TPSA) is 58.4 Å². The quantitative estimate of drug-likeness (QED) is 0.878. The number of primary amides is 1. The molecule has 1 aliphatic heterocycles. The third-order valence-corrected chi connectivity index (χ3v) is 3.79. The van der Waals surface area contributed by atoms with Crippen LogP contribution in [0.15, 0.2) is 18.2 Å². The van der Waals surface area contributed by atoms with Gasteiger partial charge in [-0.2, -0.15) is 13.2 Å². The molecular formula is C13H15ClF3N3O. The van der Waals surface area contributed by atoms with Crippen LogP contribution in [-0.4, -0.2) is 30.1 Å². The summed E-state index contributed by atoms with van der Waals surface area (Å²) in [4.78, 5) is 12.5. The molecule has 0 radical (unpaired) electrons.